The van der Waals surface area contributed by atoms with Crippen molar-refractivity contribution in [2.45, 2.75) is 6.42 Å². The summed E-state index contributed by atoms with van der Waals surface area (Å²) in [5.74, 6) is -1.23. The van der Waals surface area contributed by atoms with E-state index in [4.69, 9.17) is 17.3 Å². The summed E-state index contributed by atoms with van der Waals surface area (Å²) < 4.78 is 12.9. The van der Waals surface area contributed by atoms with Gasteiger partial charge in [-0.25, -0.2) is 4.39 Å². The highest BCUT2D eigenvalue weighted by Gasteiger charge is 2.06. The smallest absolute Gasteiger partial charge is 0.223 e. The van der Waals surface area contributed by atoms with Gasteiger partial charge < -0.3 is 5.73 Å². The number of rotatable bonds is 2. The number of hydrogen-bond acceptors (Lipinski definition) is 2. The first kappa shape index (κ1) is 8.93. The van der Waals surface area contributed by atoms with Crippen molar-refractivity contribution in [3.05, 3.63) is 28.8 Å². The molecule has 0 aliphatic rings. The molecule has 2 N–H and O–H groups in total. The summed E-state index contributed by atoms with van der Waals surface area (Å²) in [6, 6.07) is 1.09. The van der Waals surface area contributed by atoms with E-state index < -0.39 is 11.7 Å². The summed E-state index contributed by atoms with van der Waals surface area (Å²) in [6.45, 7) is 0. The van der Waals surface area contributed by atoms with Crippen LogP contribution in [0.1, 0.15) is 5.69 Å². The maximum atomic E-state index is 12.9. The number of aromatic nitrogens is 1. The average molecular weight is 189 g/mol. The lowest BCUT2D eigenvalue weighted by molar-refractivity contribution is -0.117. The summed E-state index contributed by atoms with van der Waals surface area (Å²) in [7, 11) is 0. The van der Waals surface area contributed by atoms with Gasteiger partial charge in [-0.05, 0) is 6.07 Å². The van der Waals surface area contributed by atoms with E-state index in [1.54, 1.807) is 0 Å². The SMILES string of the molecule is NC(=O)Cc1ncc(Cl)cc1F. The molecular formula is C7H6ClFN2O. The Morgan fingerprint density at radius 2 is 2.42 bits per heavy atom. The van der Waals surface area contributed by atoms with Crippen molar-refractivity contribution in [3.63, 3.8) is 0 Å². The minimum Gasteiger partial charge on any atom is -0.369 e. The lowest BCUT2D eigenvalue weighted by Crippen LogP contribution is -2.15. The van der Waals surface area contributed by atoms with Gasteiger partial charge in [0.25, 0.3) is 0 Å². The number of primary amides is 1. The Morgan fingerprint density at radius 3 is 2.92 bits per heavy atom. The van der Waals surface area contributed by atoms with E-state index in [1.807, 2.05) is 0 Å². The monoisotopic (exact) mass is 188 g/mol. The summed E-state index contributed by atoms with van der Waals surface area (Å²) >= 11 is 5.43. The van der Waals surface area contributed by atoms with Crippen molar-refractivity contribution in [1.82, 2.24) is 4.98 Å². The number of halogens is 2. The van der Waals surface area contributed by atoms with Gasteiger partial charge in [0, 0.05) is 6.20 Å². The van der Waals surface area contributed by atoms with Gasteiger partial charge in [0.15, 0.2) is 0 Å². The van der Waals surface area contributed by atoms with Crippen molar-refractivity contribution in [3.8, 4) is 0 Å². The van der Waals surface area contributed by atoms with Crippen LogP contribution in [-0.2, 0) is 11.2 Å². The van der Waals surface area contributed by atoms with Crippen molar-refractivity contribution in [2.24, 2.45) is 5.73 Å². The van der Waals surface area contributed by atoms with Crippen LogP contribution in [0.2, 0.25) is 5.02 Å². The molecule has 5 heteroatoms. The van der Waals surface area contributed by atoms with E-state index in [9.17, 15) is 9.18 Å². The lowest BCUT2D eigenvalue weighted by atomic mass is 10.2. The maximum absolute atomic E-state index is 12.9. The van der Waals surface area contributed by atoms with Crippen LogP contribution < -0.4 is 5.73 Å². The molecule has 1 aromatic heterocycles. The van der Waals surface area contributed by atoms with Crippen molar-refractivity contribution in [1.29, 1.82) is 0 Å². The molecule has 0 bridgehead atoms. The van der Waals surface area contributed by atoms with E-state index in [0.29, 0.717) is 0 Å². The molecule has 12 heavy (non-hydrogen) atoms. The summed E-state index contributed by atoms with van der Waals surface area (Å²) in [5, 5.41) is 0.195. The quantitative estimate of drug-likeness (QED) is 0.750. The standard InChI is InChI=1S/C7H6ClFN2O/c8-4-1-5(9)6(11-3-4)2-7(10)12/h1,3H,2H2,(H2,10,12). The van der Waals surface area contributed by atoms with Crippen LogP contribution in [0.3, 0.4) is 0 Å². The summed E-state index contributed by atoms with van der Waals surface area (Å²) in [4.78, 5) is 14.0. The Hall–Kier alpha value is -1.16. The predicted molar refractivity (Wildman–Crippen MR) is 42.1 cm³/mol. The highest BCUT2D eigenvalue weighted by atomic mass is 35.5. The second kappa shape index (κ2) is 3.49. The zero-order chi connectivity index (χ0) is 9.14. The van der Waals surface area contributed by atoms with Gasteiger partial charge in [-0.15, -0.1) is 0 Å². The summed E-state index contributed by atoms with van der Waals surface area (Å²) in [6.07, 6.45) is 1.06. The van der Waals surface area contributed by atoms with Gasteiger partial charge in [-0.3, -0.25) is 9.78 Å². The lowest BCUT2D eigenvalue weighted by Gasteiger charge is -1.98. The highest BCUT2D eigenvalue weighted by molar-refractivity contribution is 6.30. The Kier molecular flexibility index (Phi) is 2.60. The Morgan fingerprint density at radius 1 is 1.75 bits per heavy atom. The maximum Gasteiger partial charge on any atom is 0.223 e. The molecule has 0 saturated carbocycles. The van der Waals surface area contributed by atoms with Crippen LogP contribution >= 0.6 is 11.6 Å². The zero-order valence-corrected chi connectivity index (χ0v) is 6.81. The van der Waals surface area contributed by atoms with Gasteiger partial charge in [0.2, 0.25) is 5.91 Å². The molecule has 0 radical (unpaired) electrons. The first-order valence-electron chi connectivity index (χ1n) is 3.18. The number of carbonyl (C=O) groups excluding carboxylic acids is 1. The highest BCUT2D eigenvalue weighted by Crippen LogP contribution is 2.11. The fraction of sp³-hybridized carbons (Fsp3) is 0.143. The van der Waals surface area contributed by atoms with E-state index in [2.05, 4.69) is 4.98 Å². The molecule has 0 spiro atoms. The normalized spacial score (nSPS) is 9.83. The molecule has 1 heterocycles. The third-order valence-corrected chi connectivity index (χ3v) is 1.43. The first-order valence-corrected chi connectivity index (χ1v) is 3.55. The first-order chi connectivity index (χ1) is 5.59. The van der Waals surface area contributed by atoms with Crippen LogP contribution in [0.4, 0.5) is 4.39 Å². The molecule has 0 aromatic carbocycles. The molecule has 1 rings (SSSR count). The minimum absolute atomic E-state index is 0.0203. The third-order valence-electron chi connectivity index (χ3n) is 1.23. The third kappa shape index (κ3) is 2.17. The van der Waals surface area contributed by atoms with Crippen molar-refractivity contribution >= 4 is 17.5 Å². The van der Waals surface area contributed by atoms with Crippen LogP contribution in [0.5, 0.6) is 0 Å². The van der Waals surface area contributed by atoms with Crippen LogP contribution in [-0.4, -0.2) is 10.9 Å². The average Bonchev–Trinajstić information content (AvgIpc) is 1.94. The Bertz CT molecular complexity index is 316. The molecule has 0 fully saturated rings. The molecular weight excluding hydrogens is 183 g/mol. The molecule has 0 atom stereocenters. The van der Waals surface area contributed by atoms with Gasteiger partial charge in [0.1, 0.15) is 5.82 Å². The van der Waals surface area contributed by atoms with Gasteiger partial charge in [-0.1, -0.05) is 11.6 Å². The Balaban J connectivity index is 2.93. The van der Waals surface area contributed by atoms with E-state index in [0.717, 1.165) is 6.07 Å². The van der Waals surface area contributed by atoms with E-state index in [-0.39, 0.29) is 17.1 Å². The molecule has 0 aliphatic carbocycles. The van der Waals surface area contributed by atoms with Gasteiger partial charge in [-0.2, -0.15) is 0 Å². The topological polar surface area (TPSA) is 56.0 Å². The van der Waals surface area contributed by atoms with Crippen molar-refractivity contribution < 1.29 is 9.18 Å². The van der Waals surface area contributed by atoms with Gasteiger partial charge in [0.05, 0.1) is 17.1 Å². The number of nitrogens with two attached hydrogens (primary N) is 1. The Labute approximate surface area is 73.4 Å². The molecule has 3 nitrogen and oxygen atoms in total. The van der Waals surface area contributed by atoms with Crippen molar-refractivity contribution in [2.75, 3.05) is 0 Å². The number of amides is 1. The minimum atomic E-state index is -0.622. The second-order valence-corrected chi connectivity index (χ2v) is 2.66. The molecule has 64 valence electrons. The van der Waals surface area contributed by atoms with Crippen LogP contribution in [0.15, 0.2) is 12.3 Å². The van der Waals surface area contributed by atoms with Crippen LogP contribution in [0, 0.1) is 5.82 Å². The summed E-state index contributed by atoms with van der Waals surface area (Å²) in [5.41, 5.74) is 4.87. The number of hydrogen-bond donors (Lipinski definition) is 1. The van der Waals surface area contributed by atoms with Crippen LogP contribution in [0.25, 0.3) is 0 Å². The number of pyridine rings is 1. The van der Waals surface area contributed by atoms with Gasteiger partial charge >= 0.3 is 0 Å². The number of nitrogens with zero attached hydrogens (tertiary/aromatic N) is 1. The fourth-order valence-corrected chi connectivity index (χ4v) is 0.883. The predicted octanol–water partition coefficient (Wildman–Crippen LogP) is 0.902. The second-order valence-electron chi connectivity index (χ2n) is 2.23. The zero-order valence-electron chi connectivity index (χ0n) is 6.05. The van der Waals surface area contributed by atoms with E-state index in [1.165, 1.54) is 6.20 Å². The fourth-order valence-electron chi connectivity index (χ4n) is 0.738. The molecule has 1 aromatic rings. The largest absolute Gasteiger partial charge is 0.369 e. The molecule has 1 amide bonds. The number of carbonyl (C=O) groups is 1. The van der Waals surface area contributed by atoms with E-state index >= 15 is 0 Å². The molecule has 0 unspecified atom stereocenters. The molecule has 0 saturated heterocycles. The molecule has 0 aliphatic heterocycles.